The molecular formula is C15H19Cl2N3O. The van der Waals surface area contributed by atoms with Crippen molar-refractivity contribution in [3.8, 4) is 0 Å². The van der Waals surface area contributed by atoms with E-state index >= 15 is 0 Å². The van der Waals surface area contributed by atoms with Crippen molar-refractivity contribution in [2.75, 3.05) is 11.9 Å². The Morgan fingerprint density at radius 2 is 2.19 bits per heavy atom. The number of nitrogens with two attached hydrogens (primary N) is 1. The molecule has 1 aliphatic rings. The largest absolute Gasteiger partial charge is 0.388 e. The lowest BCUT2D eigenvalue weighted by Crippen LogP contribution is -2.22. The van der Waals surface area contributed by atoms with Gasteiger partial charge in [-0.05, 0) is 31.9 Å². The lowest BCUT2D eigenvalue weighted by molar-refractivity contribution is 0.164. The van der Waals surface area contributed by atoms with Crippen molar-refractivity contribution in [1.82, 2.24) is 4.98 Å². The zero-order valence-electron chi connectivity index (χ0n) is 11.8. The molecule has 4 N–H and O–H groups in total. The molecule has 0 bridgehead atoms. The number of halogens is 2. The van der Waals surface area contributed by atoms with Crippen LogP contribution in [-0.2, 0) is 0 Å². The van der Waals surface area contributed by atoms with Crippen LogP contribution in [0.4, 0.5) is 5.82 Å². The summed E-state index contributed by atoms with van der Waals surface area (Å²) in [6.07, 6.45) is 1.67. The van der Waals surface area contributed by atoms with Gasteiger partial charge in [0.2, 0.25) is 0 Å². The highest BCUT2D eigenvalue weighted by Gasteiger charge is 2.40. The first-order valence-electron chi connectivity index (χ1n) is 6.79. The topological polar surface area (TPSA) is 71.2 Å². The van der Waals surface area contributed by atoms with Gasteiger partial charge in [0.1, 0.15) is 5.82 Å². The summed E-state index contributed by atoms with van der Waals surface area (Å²) in [5.41, 5.74) is 7.13. The smallest absolute Gasteiger partial charge is 0.131 e. The standard InChI is InChI=1S/C15H18ClN3O.ClH/c1-9(17)11-7-10-3-2-4-12(16)13(10)19-14(11)18-8-15(20)5-6-15;/h2-4,7,9,20H,5-6,8,17H2,1H3,(H,18,19);1H. The molecule has 21 heavy (non-hydrogen) atoms. The molecule has 2 aromatic rings. The summed E-state index contributed by atoms with van der Waals surface area (Å²) < 4.78 is 0. The number of hydrogen-bond acceptors (Lipinski definition) is 4. The molecule has 1 unspecified atom stereocenters. The van der Waals surface area contributed by atoms with E-state index in [2.05, 4.69) is 10.3 Å². The third-order valence-corrected chi connectivity index (χ3v) is 4.03. The van der Waals surface area contributed by atoms with Gasteiger partial charge in [0.15, 0.2) is 0 Å². The summed E-state index contributed by atoms with van der Waals surface area (Å²) in [6, 6.07) is 7.57. The fourth-order valence-electron chi connectivity index (χ4n) is 2.24. The molecule has 0 radical (unpaired) electrons. The number of hydrogen-bond donors (Lipinski definition) is 3. The number of aromatic nitrogens is 1. The molecule has 0 amide bonds. The number of anilines is 1. The van der Waals surface area contributed by atoms with E-state index in [1.54, 1.807) is 0 Å². The molecule has 1 fully saturated rings. The van der Waals surface area contributed by atoms with Gasteiger partial charge in [0, 0.05) is 23.5 Å². The zero-order chi connectivity index (χ0) is 14.3. The monoisotopic (exact) mass is 327 g/mol. The lowest BCUT2D eigenvalue weighted by Gasteiger charge is -2.17. The molecule has 3 rings (SSSR count). The number of pyridine rings is 1. The van der Waals surface area contributed by atoms with E-state index in [-0.39, 0.29) is 18.4 Å². The van der Waals surface area contributed by atoms with Gasteiger partial charge in [-0.25, -0.2) is 4.98 Å². The lowest BCUT2D eigenvalue weighted by atomic mass is 10.1. The number of fused-ring (bicyclic) bond motifs is 1. The van der Waals surface area contributed by atoms with E-state index in [1.807, 2.05) is 31.2 Å². The number of rotatable bonds is 4. The van der Waals surface area contributed by atoms with Crippen LogP contribution in [0.3, 0.4) is 0 Å². The molecule has 1 saturated carbocycles. The van der Waals surface area contributed by atoms with Crippen LogP contribution < -0.4 is 11.1 Å². The van der Waals surface area contributed by atoms with Crippen molar-refractivity contribution in [3.63, 3.8) is 0 Å². The summed E-state index contributed by atoms with van der Waals surface area (Å²) in [7, 11) is 0. The van der Waals surface area contributed by atoms with E-state index in [0.29, 0.717) is 17.4 Å². The Kier molecular flexibility index (Phi) is 4.63. The summed E-state index contributed by atoms with van der Waals surface area (Å²) in [6.45, 7) is 2.42. The van der Waals surface area contributed by atoms with Gasteiger partial charge >= 0.3 is 0 Å². The van der Waals surface area contributed by atoms with Gasteiger partial charge < -0.3 is 16.2 Å². The second-order valence-corrected chi connectivity index (χ2v) is 6.01. The molecule has 114 valence electrons. The Balaban J connectivity index is 0.00000161. The normalized spacial score (nSPS) is 17.1. The van der Waals surface area contributed by atoms with E-state index < -0.39 is 5.60 Å². The first-order valence-corrected chi connectivity index (χ1v) is 7.17. The van der Waals surface area contributed by atoms with Gasteiger partial charge in [-0.2, -0.15) is 0 Å². The van der Waals surface area contributed by atoms with Gasteiger partial charge in [-0.1, -0.05) is 23.7 Å². The third kappa shape index (κ3) is 3.40. The Hall–Kier alpha value is -1.07. The SMILES string of the molecule is CC(N)c1cc2cccc(Cl)c2nc1NCC1(O)CC1.Cl. The molecule has 6 heteroatoms. The van der Waals surface area contributed by atoms with Crippen molar-refractivity contribution in [2.45, 2.75) is 31.4 Å². The molecule has 1 aromatic carbocycles. The predicted molar refractivity (Wildman–Crippen MR) is 89.3 cm³/mol. The van der Waals surface area contributed by atoms with Gasteiger partial charge in [-0.15, -0.1) is 12.4 Å². The third-order valence-electron chi connectivity index (χ3n) is 3.73. The summed E-state index contributed by atoms with van der Waals surface area (Å²) >= 11 is 6.19. The summed E-state index contributed by atoms with van der Waals surface area (Å²) in [5, 5.41) is 14.7. The second-order valence-electron chi connectivity index (χ2n) is 5.60. The highest BCUT2D eigenvalue weighted by atomic mass is 35.5. The molecule has 4 nitrogen and oxygen atoms in total. The van der Waals surface area contributed by atoms with E-state index in [9.17, 15) is 5.11 Å². The number of aliphatic hydroxyl groups is 1. The van der Waals surface area contributed by atoms with Crippen LogP contribution in [0.15, 0.2) is 24.3 Å². The van der Waals surface area contributed by atoms with Crippen LogP contribution in [0.1, 0.15) is 31.4 Å². The molecule has 0 spiro atoms. The minimum Gasteiger partial charge on any atom is -0.388 e. The van der Waals surface area contributed by atoms with E-state index in [1.165, 1.54) is 0 Å². The highest BCUT2D eigenvalue weighted by molar-refractivity contribution is 6.35. The maximum Gasteiger partial charge on any atom is 0.131 e. The Bertz CT molecular complexity index is 657. The van der Waals surface area contributed by atoms with Crippen LogP contribution in [0.25, 0.3) is 10.9 Å². The average Bonchev–Trinajstić information content (AvgIpc) is 3.14. The first kappa shape index (κ1) is 16.3. The van der Waals surface area contributed by atoms with E-state index in [0.717, 1.165) is 29.3 Å². The first-order chi connectivity index (χ1) is 9.48. The fourth-order valence-corrected chi connectivity index (χ4v) is 2.46. The van der Waals surface area contributed by atoms with Gasteiger partial charge in [0.05, 0.1) is 16.1 Å². The molecule has 1 heterocycles. The highest BCUT2D eigenvalue weighted by Crippen LogP contribution is 2.36. The Labute approximate surface area is 135 Å². The van der Waals surface area contributed by atoms with Crippen molar-refractivity contribution >= 4 is 40.7 Å². The minimum absolute atomic E-state index is 0. The van der Waals surface area contributed by atoms with Crippen LogP contribution in [-0.4, -0.2) is 22.2 Å². The predicted octanol–water partition coefficient (Wildman–Crippen LogP) is 3.27. The van der Waals surface area contributed by atoms with Crippen LogP contribution in [0.2, 0.25) is 5.02 Å². The Morgan fingerprint density at radius 1 is 1.48 bits per heavy atom. The molecule has 1 atom stereocenters. The Morgan fingerprint density at radius 3 is 2.81 bits per heavy atom. The maximum absolute atomic E-state index is 9.94. The second kappa shape index (κ2) is 5.97. The molecule has 1 aliphatic carbocycles. The number of nitrogens with zero attached hydrogens (tertiary/aromatic N) is 1. The fraction of sp³-hybridized carbons (Fsp3) is 0.400. The zero-order valence-corrected chi connectivity index (χ0v) is 13.3. The van der Waals surface area contributed by atoms with Crippen LogP contribution in [0, 0.1) is 0 Å². The minimum atomic E-state index is -0.577. The van der Waals surface area contributed by atoms with Crippen molar-refractivity contribution in [3.05, 3.63) is 34.9 Å². The van der Waals surface area contributed by atoms with Crippen molar-refractivity contribution < 1.29 is 5.11 Å². The molecule has 0 aliphatic heterocycles. The van der Waals surface area contributed by atoms with Crippen LogP contribution in [0.5, 0.6) is 0 Å². The quantitative estimate of drug-likeness (QED) is 0.806. The molecular weight excluding hydrogens is 309 g/mol. The molecule has 0 saturated heterocycles. The van der Waals surface area contributed by atoms with Crippen LogP contribution >= 0.6 is 24.0 Å². The van der Waals surface area contributed by atoms with Gasteiger partial charge in [-0.3, -0.25) is 0 Å². The molecule has 1 aromatic heterocycles. The number of para-hydroxylation sites is 1. The number of benzene rings is 1. The summed E-state index contributed by atoms with van der Waals surface area (Å²) in [4.78, 5) is 4.59. The maximum atomic E-state index is 9.94. The average molecular weight is 328 g/mol. The van der Waals surface area contributed by atoms with Crippen molar-refractivity contribution in [2.24, 2.45) is 5.73 Å². The number of nitrogens with one attached hydrogen (secondary N) is 1. The summed E-state index contributed by atoms with van der Waals surface area (Å²) in [5.74, 6) is 0.709. The van der Waals surface area contributed by atoms with E-state index in [4.69, 9.17) is 17.3 Å². The van der Waals surface area contributed by atoms with Gasteiger partial charge in [0.25, 0.3) is 0 Å². The van der Waals surface area contributed by atoms with Crippen molar-refractivity contribution in [1.29, 1.82) is 0 Å².